The Bertz CT molecular complexity index is 1340. The van der Waals surface area contributed by atoms with Crippen molar-refractivity contribution in [2.75, 3.05) is 57.0 Å². The number of allylic oxidation sites excluding steroid dienone is 1. The number of imidazole rings is 1. The Labute approximate surface area is 228 Å². The van der Waals surface area contributed by atoms with Gasteiger partial charge in [0.2, 0.25) is 0 Å². The average Bonchev–Trinajstić information content (AvgIpc) is 3.58. The number of aromatic amines is 1. The lowest BCUT2D eigenvalue weighted by Crippen LogP contribution is -2.45. The molecule has 0 bridgehead atoms. The fourth-order valence-corrected chi connectivity index (χ4v) is 3.77. The molecule has 1 aliphatic heterocycles. The highest BCUT2D eigenvalue weighted by Crippen LogP contribution is 2.18. The predicted octanol–water partition coefficient (Wildman–Crippen LogP) is 3.88. The highest BCUT2D eigenvalue weighted by Gasteiger charge is 2.13. The monoisotopic (exact) mass is 530 g/mol. The van der Waals surface area contributed by atoms with Gasteiger partial charge in [-0.2, -0.15) is 0 Å². The van der Waals surface area contributed by atoms with Gasteiger partial charge in [-0.25, -0.2) is 9.78 Å². The summed E-state index contributed by atoms with van der Waals surface area (Å²) in [7, 11) is 2.15. The molecule has 1 aromatic carbocycles. The Morgan fingerprint density at radius 3 is 2.69 bits per heavy atom. The molecule has 3 heterocycles. The molecule has 2 aromatic heterocycles. The molecule has 0 spiro atoms. The van der Waals surface area contributed by atoms with Gasteiger partial charge in [-0.15, -0.1) is 0 Å². The minimum Gasteiger partial charge on any atom is -0.492 e. The van der Waals surface area contributed by atoms with Gasteiger partial charge in [0.1, 0.15) is 29.8 Å². The fourth-order valence-electron chi connectivity index (χ4n) is 3.77. The average molecular weight is 531 g/mol. The minimum atomic E-state index is -0.489. The Hall–Kier alpha value is -4.40. The number of carbonyl (C=O) groups excluding carboxylic acids is 1. The van der Waals surface area contributed by atoms with Crippen LogP contribution in [0, 0.1) is 17.3 Å². The zero-order valence-corrected chi connectivity index (χ0v) is 22.5. The SMILES string of the molecule is CC(C)c1cc(NC(=O)Nc2cnc(/C=C(/C#Cc3ccc(OCCN4CCN(C)CC4)cc3)C=N)[nH]2)no1. The second-order valence-electron chi connectivity index (χ2n) is 9.54. The van der Waals surface area contributed by atoms with E-state index in [1.807, 2.05) is 38.1 Å². The third-order valence-electron chi connectivity index (χ3n) is 6.11. The summed E-state index contributed by atoms with van der Waals surface area (Å²) in [4.78, 5) is 24.2. The number of aromatic nitrogens is 3. The zero-order valence-electron chi connectivity index (χ0n) is 22.5. The third-order valence-corrected chi connectivity index (χ3v) is 6.11. The van der Waals surface area contributed by atoms with Gasteiger partial charge >= 0.3 is 6.03 Å². The van der Waals surface area contributed by atoms with Gasteiger partial charge in [-0.3, -0.25) is 15.5 Å². The molecule has 0 aliphatic carbocycles. The van der Waals surface area contributed by atoms with E-state index in [0.717, 1.165) is 50.3 Å². The molecule has 0 atom stereocenters. The van der Waals surface area contributed by atoms with Crippen LogP contribution < -0.4 is 15.4 Å². The highest BCUT2D eigenvalue weighted by molar-refractivity contribution is 5.98. The zero-order chi connectivity index (χ0) is 27.6. The highest BCUT2D eigenvalue weighted by atomic mass is 16.5. The maximum Gasteiger partial charge on any atom is 0.326 e. The quantitative estimate of drug-likeness (QED) is 0.244. The number of benzene rings is 1. The molecule has 11 nitrogen and oxygen atoms in total. The van der Waals surface area contributed by atoms with Crippen molar-refractivity contribution in [1.29, 1.82) is 5.41 Å². The van der Waals surface area contributed by atoms with Crippen LogP contribution in [0.15, 0.2) is 46.6 Å². The van der Waals surface area contributed by atoms with E-state index in [-0.39, 0.29) is 5.92 Å². The van der Waals surface area contributed by atoms with Gasteiger partial charge in [0.25, 0.3) is 0 Å². The van der Waals surface area contributed by atoms with Crippen LogP contribution in [0.25, 0.3) is 6.08 Å². The third kappa shape index (κ3) is 8.56. The number of urea groups is 1. The number of nitrogens with zero attached hydrogens (tertiary/aromatic N) is 4. The standard InChI is InChI=1S/C28H34N8O3/c1-20(2)24-17-26(34-39-24)32-28(37)33-27-19-30-25(31-27)16-22(18-29)5-4-21-6-8-23(9-7-21)38-15-14-36-12-10-35(3)11-13-36/h6-9,16-20,29H,10-15H2,1-3H3,(H,30,31)(H2,32,33,34,37)/b22-16-,29-18?. The number of rotatable bonds is 9. The van der Waals surface area contributed by atoms with E-state index in [2.05, 4.69) is 54.4 Å². The number of H-pyrrole nitrogens is 1. The Morgan fingerprint density at radius 1 is 1.23 bits per heavy atom. The maximum absolute atomic E-state index is 12.2. The molecule has 1 aliphatic rings. The summed E-state index contributed by atoms with van der Waals surface area (Å²) in [6.07, 6.45) is 4.26. The molecule has 0 unspecified atom stereocenters. The molecule has 204 valence electrons. The summed E-state index contributed by atoms with van der Waals surface area (Å²) in [6.45, 7) is 9.85. The molecule has 1 saturated heterocycles. The summed E-state index contributed by atoms with van der Waals surface area (Å²) in [5.74, 6) is 8.84. The predicted molar refractivity (Wildman–Crippen MR) is 151 cm³/mol. The van der Waals surface area contributed by atoms with Gasteiger partial charge in [-0.05, 0) is 37.4 Å². The molecule has 0 radical (unpaired) electrons. The number of piperazine rings is 1. The van der Waals surface area contributed by atoms with Crippen molar-refractivity contribution in [3.05, 3.63) is 59.2 Å². The van der Waals surface area contributed by atoms with E-state index < -0.39 is 6.03 Å². The smallest absolute Gasteiger partial charge is 0.326 e. The molecule has 3 aromatic rings. The minimum absolute atomic E-state index is 0.167. The summed E-state index contributed by atoms with van der Waals surface area (Å²) in [5.41, 5.74) is 1.26. The van der Waals surface area contributed by atoms with Gasteiger partial charge in [-0.1, -0.05) is 30.8 Å². The molecule has 1 fully saturated rings. The summed E-state index contributed by atoms with van der Waals surface area (Å²) in [5, 5.41) is 16.8. The van der Waals surface area contributed by atoms with E-state index in [4.69, 9.17) is 14.7 Å². The second-order valence-corrected chi connectivity index (χ2v) is 9.54. The van der Waals surface area contributed by atoms with Crippen molar-refractivity contribution >= 4 is 30.0 Å². The van der Waals surface area contributed by atoms with Crippen LogP contribution in [-0.4, -0.2) is 83.5 Å². The van der Waals surface area contributed by atoms with Crippen LogP contribution in [0.3, 0.4) is 0 Å². The Morgan fingerprint density at radius 2 is 2.00 bits per heavy atom. The molecule has 4 rings (SSSR count). The number of hydrogen-bond donors (Lipinski definition) is 4. The van der Waals surface area contributed by atoms with Crippen molar-refractivity contribution in [1.82, 2.24) is 24.9 Å². The van der Waals surface area contributed by atoms with E-state index in [0.29, 0.717) is 35.4 Å². The lowest BCUT2D eigenvalue weighted by molar-refractivity contribution is 0.134. The molecule has 4 N–H and O–H groups in total. The second kappa shape index (κ2) is 13.4. The van der Waals surface area contributed by atoms with Gasteiger partial charge in [0.15, 0.2) is 5.82 Å². The largest absolute Gasteiger partial charge is 0.492 e. The molecular formula is C28H34N8O3. The molecule has 0 saturated carbocycles. The first-order valence-electron chi connectivity index (χ1n) is 12.9. The topological polar surface area (TPSA) is 135 Å². The molecule has 11 heteroatoms. The van der Waals surface area contributed by atoms with E-state index in [1.165, 1.54) is 6.20 Å². The van der Waals surface area contributed by atoms with Crippen LogP contribution >= 0.6 is 0 Å². The first-order valence-corrected chi connectivity index (χ1v) is 12.9. The van der Waals surface area contributed by atoms with Gasteiger partial charge in [0.05, 0.1) is 6.20 Å². The lowest BCUT2D eigenvalue weighted by Gasteiger charge is -2.32. The number of carbonyl (C=O) groups is 1. The maximum atomic E-state index is 12.2. The normalized spacial score (nSPS) is 14.5. The number of anilines is 2. The Kier molecular flexibility index (Phi) is 9.50. The van der Waals surface area contributed by atoms with Gasteiger partial charge in [0, 0.05) is 62.1 Å². The number of amides is 2. The molecule has 2 amide bonds. The van der Waals surface area contributed by atoms with Crippen molar-refractivity contribution in [3.63, 3.8) is 0 Å². The van der Waals surface area contributed by atoms with Crippen LogP contribution in [0.2, 0.25) is 0 Å². The number of hydrogen-bond acceptors (Lipinski definition) is 8. The van der Waals surface area contributed by atoms with Crippen LogP contribution in [0.1, 0.15) is 36.9 Å². The molecule has 39 heavy (non-hydrogen) atoms. The first kappa shape index (κ1) is 27.6. The summed E-state index contributed by atoms with van der Waals surface area (Å²) < 4.78 is 11.1. The van der Waals surface area contributed by atoms with Crippen molar-refractivity contribution < 1.29 is 14.1 Å². The van der Waals surface area contributed by atoms with E-state index in [9.17, 15) is 4.79 Å². The first-order chi connectivity index (χ1) is 18.9. The van der Waals surface area contributed by atoms with Crippen LogP contribution in [-0.2, 0) is 0 Å². The van der Waals surface area contributed by atoms with E-state index in [1.54, 1.807) is 12.1 Å². The van der Waals surface area contributed by atoms with Crippen LogP contribution in [0.5, 0.6) is 5.75 Å². The summed E-state index contributed by atoms with van der Waals surface area (Å²) in [6, 6.07) is 8.78. The number of likely N-dealkylation sites (N-methyl/N-ethyl adjacent to an activating group) is 1. The number of nitrogens with one attached hydrogen (secondary N) is 4. The molecular weight excluding hydrogens is 496 g/mol. The van der Waals surface area contributed by atoms with Crippen molar-refractivity contribution in [2.24, 2.45) is 0 Å². The van der Waals surface area contributed by atoms with Crippen molar-refractivity contribution in [2.45, 2.75) is 19.8 Å². The van der Waals surface area contributed by atoms with Crippen molar-refractivity contribution in [3.8, 4) is 17.6 Å². The van der Waals surface area contributed by atoms with Crippen LogP contribution in [0.4, 0.5) is 16.4 Å². The Balaban J connectivity index is 1.27. The summed E-state index contributed by atoms with van der Waals surface area (Å²) >= 11 is 0. The fraction of sp³-hybridized carbons (Fsp3) is 0.357. The van der Waals surface area contributed by atoms with Gasteiger partial charge < -0.3 is 24.6 Å². The number of ether oxygens (including phenoxy) is 1. The van der Waals surface area contributed by atoms with E-state index >= 15 is 0 Å². The lowest BCUT2D eigenvalue weighted by atomic mass is 10.2.